The average Bonchev–Trinajstić information content (AvgIpc) is 2.26. The molecule has 0 aliphatic heterocycles. The first-order valence-electron chi connectivity index (χ1n) is 6.20. The molecule has 0 saturated heterocycles. The van der Waals surface area contributed by atoms with Crippen molar-refractivity contribution in [2.24, 2.45) is 0 Å². The van der Waals surface area contributed by atoms with E-state index >= 15 is 0 Å². The zero-order valence-corrected chi connectivity index (χ0v) is 10.8. The van der Waals surface area contributed by atoms with Crippen molar-refractivity contribution in [2.45, 2.75) is 59.3 Å². The van der Waals surface area contributed by atoms with Crippen molar-refractivity contribution >= 4 is 0 Å². The molecule has 0 fully saturated rings. The van der Waals surface area contributed by atoms with Gasteiger partial charge < -0.3 is 0 Å². The van der Waals surface area contributed by atoms with E-state index in [9.17, 15) is 0 Å². The Bertz CT molecular complexity index is 312. The first kappa shape index (κ1) is 12.3. The van der Waals surface area contributed by atoms with E-state index in [0.29, 0.717) is 11.8 Å². The summed E-state index contributed by atoms with van der Waals surface area (Å²) in [6.07, 6.45) is 2.45. The maximum absolute atomic E-state index is 2.37. The molecule has 0 amide bonds. The summed E-state index contributed by atoms with van der Waals surface area (Å²) in [7, 11) is 0. The van der Waals surface area contributed by atoms with Gasteiger partial charge in [0, 0.05) is 0 Å². The molecule has 2 atom stereocenters. The van der Waals surface area contributed by atoms with E-state index < -0.39 is 0 Å². The summed E-state index contributed by atoms with van der Waals surface area (Å²) in [6, 6.07) is 7.00. The molecule has 1 rings (SSSR count). The molecule has 84 valence electrons. The number of aryl methyl sites for hydroxylation is 1. The molecule has 0 N–H and O–H groups in total. The van der Waals surface area contributed by atoms with Gasteiger partial charge >= 0.3 is 0 Å². The molecule has 0 aromatic heterocycles. The fraction of sp³-hybridized carbons (Fsp3) is 0.600. The van der Waals surface area contributed by atoms with Crippen LogP contribution in [-0.2, 0) is 0 Å². The SMILES string of the molecule is CCC(C)c1ccc(C(C)CC)c(C)c1. The van der Waals surface area contributed by atoms with Crippen LogP contribution in [0.5, 0.6) is 0 Å². The fourth-order valence-electron chi connectivity index (χ4n) is 2.01. The van der Waals surface area contributed by atoms with Crippen LogP contribution >= 0.6 is 0 Å². The molecule has 0 nitrogen and oxygen atoms in total. The largest absolute Gasteiger partial charge is 0.0648 e. The van der Waals surface area contributed by atoms with Crippen LogP contribution in [0.2, 0.25) is 0 Å². The Morgan fingerprint density at radius 3 is 2.07 bits per heavy atom. The summed E-state index contributed by atoms with van der Waals surface area (Å²) in [6.45, 7) is 11.4. The van der Waals surface area contributed by atoms with Crippen molar-refractivity contribution in [3.8, 4) is 0 Å². The van der Waals surface area contributed by atoms with Gasteiger partial charge in [0.1, 0.15) is 0 Å². The summed E-state index contributed by atoms with van der Waals surface area (Å²) < 4.78 is 0. The minimum absolute atomic E-state index is 0.690. The summed E-state index contributed by atoms with van der Waals surface area (Å²) in [5.74, 6) is 1.38. The summed E-state index contributed by atoms with van der Waals surface area (Å²) >= 11 is 0. The average molecular weight is 204 g/mol. The lowest BCUT2D eigenvalue weighted by Gasteiger charge is -2.16. The van der Waals surface area contributed by atoms with Gasteiger partial charge in [0.2, 0.25) is 0 Å². The lowest BCUT2D eigenvalue weighted by atomic mass is 9.89. The molecule has 0 radical (unpaired) electrons. The molecule has 0 saturated carbocycles. The first-order valence-corrected chi connectivity index (χ1v) is 6.20. The van der Waals surface area contributed by atoms with Gasteiger partial charge in [0.15, 0.2) is 0 Å². The van der Waals surface area contributed by atoms with Crippen molar-refractivity contribution < 1.29 is 0 Å². The molecule has 0 aliphatic rings. The molecule has 1 aromatic rings. The third-order valence-corrected chi connectivity index (χ3v) is 3.62. The highest BCUT2D eigenvalue weighted by Gasteiger charge is 2.09. The Labute approximate surface area is 94.7 Å². The van der Waals surface area contributed by atoms with E-state index in [-0.39, 0.29) is 0 Å². The lowest BCUT2D eigenvalue weighted by Crippen LogP contribution is -1.98. The normalized spacial score (nSPS) is 15.0. The van der Waals surface area contributed by atoms with Crippen LogP contribution in [0.25, 0.3) is 0 Å². The quantitative estimate of drug-likeness (QED) is 0.646. The summed E-state index contributed by atoms with van der Waals surface area (Å²) in [5, 5.41) is 0. The second kappa shape index (κ2) is 5.34. The van der Waals surface area contributed by atoms with E-state index in [0.717, 1.165) is 0 Å². The van der Waals surface area contributed by atoms with Gasteiger partial charge in [0.25, 0.3) is 0 Å². The Morgan fingerprint density at radius 1 is 1.00 bits per heavy atom. The highest BCUT2D eigenvalue weighted by molar-refractivity contribution is 5.34. The molecular weight excluding hydrogens is 180 g/mol. The molecule has 15 heavy (non-hydrogen) atoms. The van der Waals surface area contributed by atoms with Gasteiger partial charge in [-0.25, -0.2) is 0 Å². The minimum Gasteiger partial charge on any atom is -0.0648 e. The Kier molecular flexibility index (Phi) is 4.38. The van der Waals surface area contributed by atoms with E-state index in [1.165, 1.54) is 29.5 Å². The van der Waals surface area contributed by atoms with Crippen LogP contribution in [0.1, 0.15) is 69.1 Å². The fourth-order valence-corrected chi connectivity index (χ4v) is 2.01. The molecule has 0 heterocycles. The third-order valence-electron chi connectivity index (χ3n) is 3.62. The molecule has 2 unspecified atom stereocenters. The highest BCUT2D eigenvalue weighted by Crippen LogP contribution is 2.26. The van der Waals surface area contributed by atoms with Gasteiger partial charge in [-0.05, 0) is 48.3 Å². The number of benzene rings is 1. The maximum Gasteiger partial charge on any atom is -0.0190 e. The Hall–Kier alpha value is -0.780. The molecule has 0 aliphatic carbocycles. The van der Waals surface area contributed by atoms with Crippen LogP contribution in [-0.4, -0.2) is 0 Å². The lowest BCUT2D eigenvalue weighted by molar-refractivity contribution is 0.714. The second-order valence-electron chi connectivity index (χ2n) is 4.73. The summed E-state index contributed by atoms with van der Waals surface area (Å²) in [5.41, 5.74) is 4.47. The summed E-state index contributed by atoms with van der Waals surface area (Å²) in [4.78, 5) is 0. The van der Waals surface area contributed by atoms with Gasteiger partial charge in [-0.15, -0.1) is 0 Å². The molecule has 0 bridgehead atoms. The van der Waals surface area contributed by atoms with Gasteiger partial charge in [-0.1, -0.05) is 45.9 Å². The van der Waals surface area contributed by atoms with Crippen LogP contribution in [0, 0.1) is 6.92 Å². The Balaban J connectivity index is 2.97. The molecular formula is C15H24. The van der Waals surface area contributed by atoms with Crippen LogP contribution < -0.4 is 0 Å². The minimum atomic E-state index is 0.690. The van der Waals surface area contributed by atoms with Crippen molar-refractivity contribution in [3.05, 3.63) is 34.9 Å². The zero-order valence-electron chi connectivity index (χ0n) is 10.8. The van der Waals surface area contributed by atoms with E-state index in [1.54, 1.807) is 0 Å². The predicted octanol–water partition coefficient (Wildman–Crippen LogP) is 5.02. The second-order valence-corrected chi connectivity index (χ2v) is 4.73. The highest BCUT2D eigenvalue weighted by atomic mass is 14.1. The monoisotopic (exact) mass is 204 g/mol. The smallest absolute Gasteiger partial charge is 0.0190 e. The zero-order chi connectivity index (χ0) is 11.4. The van der Waals surface area contributed by atoms with Crippen LogP contribution in [0.4, 0.5) is 0 Å². The molecule has 0 spiro atoms. The van der Waals surface area contributed by atoms with Gasteiger partial charge in [-0.2, -0.15) is 0 Å². The Morgan fingerprint density at radius 2 is 1.60 bits per heavy atom. The molecule has 0 heteroatoms. The predicted molar refractivity (Wildman–Crippen MR) is 68.6 cm³/mol. The topological polar surface area (TPSA) is 0 Å². The van der Waals surface area contributed by atoms with Gasteiger partial charge in [-0.3, -0.25) is 0 Å². The van der Waals surface area contributed by atoms with Crippen molar-refractivity contribution in [1.29, 1.82) is 0 Å². The number of rotatable bonds is 4. The van der Waals surface area contributed by atoms with Crippen molar-refractivity contribution in [1.82, 2.24) is 0 Å². The number of hydrogen-bond donors (Lipinski definition) is 0. The van der Waals surface area contributed by atoms with E-state index in [1.807, 2.05) is 0 Å². The van der Waals surface area contributed by atoms with Crippen molar-refractivity contribution in [3.63, 3.8) is 0 Å². The third kappa shape index (κ3) is 2.84. The van der Waals surface area contributed by atoms with Crippen LogP contribution in [0.15, 0.2) is 18.2 Å². The van der Waals surface area contributed by atoms with E-state index in [4.69, 9.17) is 0 Å². The van der Waals surface area contributed by atoms with Gasteiger partial charge in [0.05, 0.1) is 0 Å². The molecule has 1 aromatic carbocycles. The van der Waals surface area contributed by atoms with Crippen LogP contribution in [0.3, 0.4) is 0 Å². The maximum atomic E-state index is 2.37. The standard InChI is InChI=1S/C15H24/c1-6-11(3)14-8-9-15(12(4)7-2)13(5)10-14/h8-12H,6-7H2,1-5H3. The van der Waals surface area contributed by atoms with Crippen molar-refractivity contribution in [2.75, 3.05) is 0 Å². The van der Waals surface area contributed by atoms with E-state index in [2.05, 4.69) is 52.8 Å². The number of hydrogen-bond acceptors (Lipinski definition) is 0. The first-order chi connectivity index (χ1) is 7.10.